The fraction of sp³-hybridized carbons (Fsp3) is 0.583. The molecule has 0 heterocycles. The average molecular weight is 190 g/mol. The molecule has 3 aliphatic rings. The average Bonchev–Trinajstić information content (AvgIpc) is 2.26. The van der Waals surface area contributed by atoms with E-state index >= 15 is 0 Å². The molecule has 1 atom stereocenters. The van der Waals surface area contributed by atoms with Gasteiger partial charge in [0.25, 0.3) is 0 Å². The standard InChI is InChI=1S/C12H14O2/c13-9-10(14)12-6-2-1-5-11(9,12)7-3-4-8-12/h1-4,9,13H,5-8H2. The summed E-state index contributed by atoms with van der Waals surface area (Å²) < 4.78 is 0. The van der Waals surface area contributed by atoms with Crippen LogP contribution in [0.25, 0.3) is 0 Å². The van der Waals surface area contributed by atoms with Crippen LogP contribution in [0.15, 0.2) is 24.3 Å². The van der Waals surface area contributed by atoms with Crippen molar-refractivity contribution in [3.05, 3.63) is 24.3 Å². The number of carbonyl (C=O) groups is 1. The lowest BCUT2D eigenvalue weighted by atomic mass is 9.39. The predicted molar refractivity (Wildman–Crippen MR) is 52.6 cm³/mol. The smallest absolute Gasteiger partial charge is 0.169 e. The number of carbonyl (C=O) groups excluding carboxylic acids is 1. The van der Waals surface area contributed by atoms with Gasteiger partial charge in [0.15, 0.2) is 5.78 Å². The highest BCUT2D eigenvalue weighted by Gasteiger charge is 2.70. The Balaban J connectivity index is 2.13. The third-order valence-corrected chi connectivity index (χ3v) is 4.43. The molecule has 0 aliphatic heterocycles. The molecule has 0 saturated heterocycles. The maximum Gasteiger partial charge on any atom is 0.169 e. The second-order valence-electron chi connectivity index (χ2n) is 4.76. The number of aliphatic hydroxyl groups is 1. The second kappa shape index (κ2) is 2.37. The molecule has 14 heavy (non-hydrogen) atoms. The number of rotatable bonds is 0. The number of aliphatic hydroxyl groups excluding tert-OH is 1. The molecule has 2 nitrogen and oxygen atoms in total. The second-order valence-corrected chi connectivity index (χ2v) is 4.76. The van der Waals surface area contributed by atoms with Gasteiger partial charge in [0.1, 0.15) is 6.10 Å². The van der Waals surface area contributed by atoms with E-state index in [1.54, 1.807) is 0 Å². The van der Waals surface area contributed by atoms with E-state index in [2.05, 4.69) is 24.3 Å². The molecule has 0 spiro atoms. The lowest BCUT2D eigenvalue weighted by Crippen LogP contribution is -2.70. The Labute approximate surface area is 83.3 Å². The van der Waals surface area contributed by atoms with Crippen molar-refractivity contribution < 1.29 is 9.90 Å². The third kappa shape index (κ3) is 0.640. The Kier molecular flexibility index (Phi) is 1.43. The minimum absolute atomic E-state index is 0.0752. The maximum absolute atomic E-state index is 11.8. The molecule has 0 aromatic heterocycles. The fourth-order valence-corrected chi connectivity index (χ4v) is 3.49. The lowest BCUT2D eigenvalue weighted by Gasteiger charge is -2.63. The molecule has 1 saturated carbocycles. The largest absolute Gasteiger partial charge is 0.385 e. The molecule has 1 N–H and O–H groups in total. The van der Waals surface area contributed by atoms with Crippen molar-refractivity contribution >= 4 is 5.78 Å². The number of ketones is 1. The summed E-state index contributed by atoms with van der Waals surface area (Å²) in [7, 11) is 0. The van der Waals surface area contributed by atoms with E-state index < -0.39 is 6.10 Å². The number of allylic oxidation sites excluding steroid dienone is 4. The summed E-state index contributed by atoms with van der Waals surface area (Å²) in [5.41, 5.74) is -0.385. The van der Waals surface area contributed by atoms with E-state index in [1.807, 2.05) is 0 Å². The van der Waals surface area contributed by atoms with Gasteiger partial charge in [-0.25, -0.2) is 0 Å². The number of hydrogen-bond donors (Lipinski definition) is 1. The highest BCUT2D eigenvalue weighted by molar-refractivity contribution is 5.98. The van der Waals surface area contributed by atoms with Crippen molar-refractivity contribution in [2.75, 3.05) is 0 Å². The van der Waals surface area contributed by atoms with Crippen molar-refractivity contribution in [3.8, 4) is 0 Å². The first-order valence-corrected chi connectivity index (χ1v) is 5.25. The van der Waals surface area contributed by atoms with E-state index in [9.17, 15) is 9.90 Å². The fourth-order valence-electron chi connectivity index (χ4n) is 3.49. The van der Waals surface area contributed by atoms with Crippen LogP contribution in [0.5, 0.6) is 0 Å². The van der Waals surface area contributed by atoms with Crippen LogP contribution in [0.2, 0.25) is 0 Å². The summed E-state index contributed by atoms with van der Waals surface area (Å²) in [6, 6.07) is 0. The van der Waals surface area contributed by atoms with Crippen LogP contribution in [0.3, 0.4) is 0 Å². The van der Waals surface area contributed by atoms with Crippen LogP contribution in [0, 0.1) is 10.8 Å². The van der Waals surface area contributed by atoms with Gasteiger partial charge >= 0.3 is 0 Å². The molecule has 74 valence electrons. The molecule has 3 aliphatic carbocycles. The van der Waals surface area contributed by atoms with Crippen molar-refractivity contribution in [1.29, 1.82) is 0 Å². The van der Waals surface area contributed by atoms with Crippen molar-refractivity contribution in [3.63, 3.8) is 0 Å². The van der Waals surface area contributed by atoms with Crippen LogP contribution in [-0.4, -0.2) is 17.0 Å². The quantitative estimate of drug-likeness (QED) is 0.589. The minimum Gasteiger partial charge on any atom is -0.385 e. The molecule has 0 bridgehead atoms. The normalized spacial score (nSPS) is 49.5. The molecule has 0 amide bonds. The first-order valence-electron chi connectivity index (χ1n) is 5.25. The minimum atomic E-state index is -0.711. The molecular weight excluding hydrogens is 176 g/mol. The van der Waals surface area contributed by atoms with Crippen LogP contribution in [0.1, 0.15) is 25.7 Å². The first-order chi connectivity index (χ1) is 6.73. The van der Waals surface area contributed by atoms with Crippen LogP contribution < -0.4 is 0 Å². The molecule has 0 aromatic rings. The highest BCUT2D eigenvalue weighted by atomic mass is 16.3. The Morgan fingerprint density at radius 2 is 1.57 bits per heavy atom. The van der Waals surface area contributed by atoms with Gasteiger partial charge < -0.3 is 5.11 Å². The van der Waals surface area contributed by atoms with Crippen LogP contribution >= 0.6 is 0 Å². The Morgan fingerprint density at radius 1 is 1.07 bits per heavy atom. The van der Waals surface area contributed by atoms with Gasteiger partial charge in [-0.2, -0.15) is 0 Å². The van der Waals surface area contributed by atoms with E-state index in [4.69, 9.17) is 0 Å². The van der Waals surface area contributed by atoms with Gasteiger partial charge in [-0.15, -0.1) is 0 Å². The van der Waals surface area contributed by atoms with Crippen molar-refractivity contribution in [2.45, 2.75) is 31.8 Å². The Morgan fingerprint density at radius 3 is 2.07 bits per heavy atom. The van der Waals surface area contributed by atoms with Crippen molar-refractivity contribution in [1.82, 2.24) is 0 Å². The highest BCUT2D eigenvalue weighted by Crippen LogP contribution is 2.65. The third-order valence-electron chi connectivity index (χ3n) is 4.43. The van der Waals surface area contributed by atoms with Crippen molar-refractivity contribution in [2.24, 2.45) is 10.8 Å². The summed E-state index contributed by atoms with van der Waals surface area (Å²) in [5.74, 6) is 0.0752. The Bertz CT molecular complexity index is 333. The molecular formula is C12H14O2. The van der Waals surface area contributed by atoms with Gasteiger partial charge in [-0.3, -0.25) is 4.79 Å². The van der Waals surface area contributed by atoms with E-state index in [-0.39, 0.29) is 16.6 Å². The summed E-state index contributed by atoms with van der Waals surface area (Å²) in [4.78, 5) is 11.8. The molecule has 0 aromatic carbocycles. The zero-order valence-corrected chi connectivity index (χ0v) is 8.07. The van der Waals surface area contributed by atoms with E-state index in [1.165, 1.54) is 0 Å². The van der Waals surface area contributed by atoms with Gasteiger partial charge in [0, 0.05) is 10.8 Å². The number of hydrogen-bond acceptors (Lipinski definition) is 2. The predicted octanol–water partition coefficient (Wildman–Crippen LogP) is 1.60. The van der Waals surface area contributed by atoms with Gasteiger partial charge in [0.05, 0.1) is 0 Å². The summed E-state index contributed by atoms with van der Waals surface area (Å²) in [5, 5.41) is 9.88. The topological polar surface area (TPSA) is 37.3 Å². The zero-order valence-electron chi connectivity index (χ0n) is 8.07. The van der Waals surface area contributed by atoms with E-state index in [0.29, 0.717) is 0 Å². The van der Waals surface area contributed by atoms with Gasteiger partial charge in [-0.1, -0.05) is 24.3 Å². The van der Waals surface area contributed by atoms with E-state index in [0.717, 1.165) is 25.7 Å². The van der Waals surface area contributed by atoms with Gasteiger partial charge in [0.2, 0.25) is 0 Å². The summed E-state index contributed by atoms with van der Waals surface area (Å²) >= 11 is 0. The van der Waals surface area contributed by atoms with Crippen LogP contribution in [0.4, 0.5) is 0 Å². The van der Waals surface area contributed by atoms with Gasteiger partial charge in [-0.05, 0) is 25.7 Å². The zero-order chi connectivity index (χ0) is 9.81. The first kappa shape index (κ1) is 8.42. The Hall–Kier alpha value is -0.890. The monoisotopic (exact) mass is 190 g/mol. The lowest BCUT2D eigenvalue weighted by molar-refractivity contribution is -0.197. The SMILES string of the molecule is O=C1C(O)C23CC=CCC12CC=CC3. The summed E-state index contributed by atoms with van der Waals surface area (Å²) in [6.07, 6.45) is 11.1. The maximum atomic E-state index is 11.8. The summed E-state index contributed by atoms with van der Waals surface area (Å²) in [6.45, 7) is 0. The van der Waals surface area contributed by atoms with Crippen LogP contribution in [-0.2, 0) is 4.79 Å². The molecule has 3 rings (SSSR count). The molecule has 0 radical (unpaired) electrons. The number of Topliss-reactive ketones (excluding diaryl/α,β-unsaturated/α-hetero) is 1. The molecule has 1 fully saturated rings. The molecule has 1 unspecified atom stereocenters. The molecule has 2 heteroatoms.